The number of esters is 1. The van der Waals surface area contributed by atoms with Crippen LogP contribution in [0.3, 0.4) is 0 Å². The molecule has 0 saturated heterocycles. The highest BCUT2D eigenvalue weighted by Crippen LogP contribution is 2.51. The molecule has 0 aromatic heterocycles. The van der Waals surface area contributed by atoms with Crippen molar-refractivity contribution in [3.8, 4) is 0 Å². The van der Waals surface area contributed by atoms with Crippen molar-refractivity contribution in [2.24, 2.45) is 11.8 Å². The predicted molar refractivity (Wildman–Crippen MR) is 84.1 cm³/mol. The minimum absolute atomic E-state index is 0.0235. The molecule has 1 rings (SSSR count). The summed E-state index contributed by atoms with van der Waals surface area (Å²) in [6.07, 6.45) is 2.26. The van der Waals surface area contributed by atoms with Crippen molar-refractivity contribution in [3.05, 3.63) is 0 Å². The average molecular weight is 285 g/mol. The van der Waals surface area contributed by atoms with Crippen LogP contribution in [0.25, 0.3) is 0 Å². The van der Waals surface area contributed by atoms with Crippen LogP contribution >= 0.6 is 0 Å². The van der Waals surface area contributed by atoms with Gasteiger partial charge in [0.15, 0.2) is 0 Å². The fraction of sp³-hybridized carbons (Fsp3) is 0.938. The second-order valence-electron chi connectivity index (χ2n) is 7.25. The largest absolute Gasteiger partial charge is 0.469 e. The summed E-state index contributed by atoms with van der Waals surface area (Å²) in [4.78, 5) is 11.8. The van der Waals surface area contributed by atoms with E-state index in [1.165, 1.54) is 19.6 Å². The molecule has 19 heavy (non-hydrogen) atoms. The van der Waals surface area contributed by atoms with Crippen molar-refractivity contribution in [3.63, 3.8) is 0 Å². The Morgan fingerprint density at radius 1 is 1.05 bits per heavy atom. The lowest BCUT2D eigenvalue weighted by Gasteiger charge is -2.48. The maximum absolute atomic E-state index is 11.8. The standard InChI is InChI=1S/C16H32O2Si/c1-11(2)19(12(3)4,13(5)6)10-14-8-9-15(14)16(17)18-7/h11-15H,8-10H2,1-7H3/t14-,15+/m0/s1. The zero-order valence-electron chi connectivity index (χ0n) is 13.8. The molecule has 2 nitrogen and oxygen atoms in total. The molecule has 1 aliphatic carbocycles. The normalized spacial score (nSPS) is 23.9. The van der Waals surface area contributed by atoms with Crippen molar-refractivity contribution < 1.29 is 9.53 Å². The number of ether oxygens (including phenoxy) is 1. The molecule has 0 heterocycles. The zero-order chi connectivity index (χ0) is 14.8. The van der Waals surface area contributed by atoms with Crippen LogP contribution in [-0.4, -0.2) is 21.2 Å². The van der Waals surface area contributed by atoms with Crippen LogP contribution in [0.4, 0.5) is 0 Å². The summed E-state index contributed by atoms with van der Waals surface area (Å²) in [5.74, 6) is 0.801. The van der Waals surface area contributed by atoms with Crippen molar-refractivity contribution in [2.75, 3.05) is 7.11 Å². The molecule has 112 valence electrons. The minimum Gasteiger partial charge on any atom is -0.469 e. The summed E-state index contributed by atoms with van der Waals surface area (Å²) >= 11 is 0. The Balaban J connectivity index is 2.87. The van der Waals surface area contributed by atoms with Gasteiger partial charge in [0, 0.05) is 0 Å². The van der Waals surface area contributed by atoms with E-state index >= 15 is 0 Å². The van der Waals surface area contributed by atoms with Gasteiger partial charge in [0.2, 0.25) is 0 Å². The smallest absolute Gasteiger partial charge is 0.308 e. The van der Waals surface area contributed by atoms with Crippen molar-refractivity contribution in [1.29, 1.82) is 0 Å². The van der Waals surface area contributed by atoms with E-state index in [-0.39, 0.29) is 11.9 Å². The third kappa shape index (κ3) is 3.06. The monoisotopic (exact) mass is 284 g/mol. The Labute approximate surface area is 120 Å². The first kappa shape index (κ1) is 16.7. The maximum atomic E-state index is 11.8. The Morgan fingerprint density at radius 3 is 1.79 bits per heavy atom. The summed E-state index contributed by atoms with van der Waals surface area (Å²) < 4.78 is 4.96. The third-order valence-electron chi connectivity index (χ3n) is 5.76. The van der Waals surface area contributed by atoms with E-state index in [9.17, 15) is 4.79 Å². The van der Waals surface area contributed by atoms with Gasteiger partial charge in [-0.3, -0.25) is 4.79 Å². The number of rotatable bonds is 6. The number of hydrogen-bond donors (Lipinski definition) is 0. The molecule has 0 bridgehead atoms. The molecule has 0 aromatic rings. The highest BCUT2D eigenvalue weighted by molar-refractivity contribution is 6.83. The van der Waals surface area contributed by atoms with Crippen LogP contribution in [0.2, 0.25) is 22.7 Å². The molecule has 0 aromatic carbocycles. The Bertz CT molecular complexity index is 288. The van der Waals surface area contributed by atoms with Gasteiger partial charge in [-0.2, -0.15) is 0 Å². The quantitative estimate of drug-likeness (QED) is 0.514. The predicted octanol–water partition coefficient (Wildman–Crippen LogP) is 4.86. The number of methoxy groups -OCH3 is 1. The highest BCUT2D eigenvalue weighted by atomic mass is 28.3. The van der Waals surface area contributed by atoms with E-state index in [4.69, 9.17) is 4.74 Å². The molecule has 0 N–H and O–H groups in total. The van der Waals surface area contributed by atoms with Gasteiger partial charge in [-0.05, 0) is 18.8 Å². The summed E-state index contributed by atoms with van der Waals surface area (Å²) in [6.45, 7) is 14.4. The molecule has 0 unspecified atom stereocenters. The lowest BCUT2D eigenvalue weighted by molar-refractivity contribution is -0.151. The molecule has 2 atom stereocenters. The fourth-order valence-corrected chi connectivity index (χ4v) is 11.2. The minimum atomic E-state index is -1.37. The highest BCUT2D eigenvalue weighted by Gasteiger charge is 2.48. The van der Waals surface area contributed by atoms with E-state index < -0.39 is 8.07 Å². The van der Waals surface area contributed by atoms with E-state index in [0.717, 1.165) is 23.0 Å². The van der Waals surface area contributed by atoms with Crippen molar-refractivity contribution in [1.82, 2.24) is 0 Å². The first-order valence-corrected chi connectivity index (χ1v) is 10.3. The Hall–Kier alpha value is -0.313. The first-order chi connectivity index (χ1) is 8.77. The molecule has 1 fully saturated rings. The lowest BCUT2D eigenvalue weighted by Crippen LogP contribution is -2.49. The van der Waals surface area contributed by atoms with Gasteiger partial charge in [-0.25, -0.2) is 0 Å². The summed E-state index contributed by atoms with van der Waals surface area (Å²) in [5.41, 5.74) is 2.35. The van der Waals surface area contributed by atoms with Gasteiger partial charge >= 0.3 is 5.97 Å². The van der Waals surface area contributed by atoms with E-state index in [1.807, 2.05) is 0 Å². The molecule has 0 spiro atoms. The maximum Gasteiger partial charge on any atom is 0.308 e. The van der Waals surface area contributed by atoms with Gasteiger partial charge < -0.3 is 4.74 Å². The topological polar surface area (TPSA) is 26.3 Å². The molecule has 0 radical (unpaired) electrons. The van der Waals surface area contributed by atoms with E-state index in [0.29, 0.717) is 5.92 Å². The molecule has 1 saturated carbocycles. The molecular formula is C16H32O2Si. The molecular weight excluding hydrogens is 252 g/mol. The van der Waals surface area contributed by atoms with Gasteiger partial charge in [-0.1, -0.05) is 64.2 Å². The van der Waals surface area contributed by atoms with E-state index in [2.05, 4.69) is 41.5 Å². The van der Waals surface area contributed by atoms with E-state index in [1.54, 1.807) is 0 Å². The van der Waals surface area contributed by atoms with Crippen LogP contribution in [-0.2, 0) is 9.53 Å². The number of carbonyl (C=O) groups excluding carboxylic acids is 1. The van der Waals surface area contributed by atoms with Crippen LogP contribution in [0.15, 0.2) is 0 Å². The summed E-state index contributed by atoms with van der Waals surface area (Å²) in [5, 5.41) is 0. The fourth-order valence-electron chi connectivity index (χ4n) is 4.44. The SMILES string of the molecule is COC(=O)[C@@H]1CC[C@H]1C[Si](C(C)C)(C(C)C)C(C)C. The second kappa shape index (κ2) is 6.42. The molecule has 3 heteroatoms. The molecule has 1 aliphatic rings. The first-order valence-electron chi connectivity index (χ1n) is 7.85. The lowest BCUT2D eigenvalue weighted by atomic mass is 9.75. The van der Waals surface area contributed by atoms with Gasteiger partial charge in [0.1, 0.15) is 0 Å². The van der Waals surface area contributed by atoms with Crippen LogP contribution in [0.5, 0.6) is 0 Å². The molecule has 0 amide bonds. The molecule has 0 aliphatic heterocycles. The van der Waals surface area contributed by atoms with Gasteiger partial charge in [0.05, 0.1) is 21.1 Å². The Kier molecular flexibility index (Phi) is 5.66. The summed E-state index contributed by atoms with van der Waals surface area (Å²) in [7, 11) is 0.155. The second-order valence-corrected chi connectivity index (χ2v) is 13.3. The average Bonchev–Trinajstić information content (AvgIpc) is 2.26. The van der Waals surface area contributed by atoms with Crippen molar-refractivity contribution >= 4 is 14.0 Å². The van der Waals surface area contributed by atoms with Gasteiger partial charge in [0.25, 0.3) is 0 Å². The van der Waals surface area contributed by atoms with Crippen LogP contribution in [0, 0.1) is 11.8 Å². The van der Waals surface area contributed by atoms with Gasteiger partial charge in [-0.15, -0.1) is 0 Å². The summed E-state index contributed by atoms with van der Waals surface area (Å²) in [6, 6.07) is 1.31. The Morgan fingerprint density at radius 2 is 1.53 bits per heavy atom. The van der Waals surface area contributed by atoms with Crippen molar-refractivity contribution in [2.45, 2.75) is 77.1 Å². The van der Waals surface area contributed by atoms with Crippen LogP contribution in [0.1, 0.15) is 54.4 Å². The third-order valence-corrected chi connectivity index (χ3v) is 13.4. The zero-order valence-corrected chi connectivity index (χ0v) is 14.8. The number of hydrogen-bond acceptors (Lipinski definition) is 2. The van der Waals surface area contributed by atoms with Crippen LogP contribution < -0.4 is 0 Å². The number of carbonyl (C=O) groups is 1.